The molecule has 2 aliphatic heterocycles. The lowest BCUT2D eigenvalue weighted by Gasteiger charge is -2.42. The van der Waals surface area contributed by atoms with E-state index in [1.54, 1.807) is 21.3 Å². The number of hydrogen-bond donors (Lipinski definition) is 1. The van der Waals surface area contributed by atoms with Crippen molar-refractivity contribution in [3.8, 4) is 0 Å². The van der Waals surface area contributed by atoms with Crippen molar-refractivity contribution in [2.75, 3.05) is 26.2 Å². The predicted octanol–water partition coefficient (Wildman–Crippen LogP) is 2.37. The van der Waals surface area contributed by atoms with Crippen molar-refractivity contribution < 1.29 is 13.2 Å². The van der Waals surface area contributed by atoms with E-state index in [0.717, 1.165) is 30.6 Å². The molecule has 0 aromatic carbocycles. The Labute approximate surface area is 160 Å². The van der Waals surface area contributed by atoms with Crippen LogP contribution in [0.3, 0.4) is 0 Å². The Morgan fingerprint density at radius 3 is 2.46 bits per heavy atom. The lowest BCUT2D eigenvalue weighted by Crippen LogP contribution is -2.53. The normalized spacial score (nSPS) is 25.4. The van der Waals surface area contributed by atoms with Gasteiger partial charge in [-0.05, 0) is 42.7 Å². The summed E-state index contributed by atoms with van der Waals surface area (Å²) in [5.74, 6) is 0.472. The molecule has 26 heavy (non-hydrogen) atoms. The Balaban J connectivity index is 1.74. The van der Waals surface area contributed by atoms with Gasteiger partial charge in [0.25, 0.3) is 15.9 Å². The van der Waals surface area contributed by atoms with E-state index in [1.807, 2.05) is 0 Å². The van der Waals surface area contributed by atoms with E-state index in [-0.39, 0.29) is 21.6 Å². The maximum absolute atomic E-state index is 12.8. The Morgan fingerprint density at radius 1 is 1.19 bits per heavy atom. The fourth-order valence-electron chi connectivity index (χ4n) is 3.63. The average molecular weight is 400 g/mol. The highest BCUT2D eigenvalue weighted by Crippen LogP contribution is 2.32. The molecule has 3 heterocycles. The van der Waals surface area contributed by atoms with Crippen LogP contribution in [-0.2, 0) is 10.0 Å². The van der Waals surface area contributed by atoms with Crippen molar-refractivity contribution in [2.24, 2.45) is 17.1 Å². The summed E-state index contributed by atoms with van der Waals surface area (Å²) in [5.41, 5.74) is 6.01. The van der Waals surface area contributed by atoms with Gasteiger partial charge in [0.05, 0.1) is 4.88 Å². The molecular weight excluding hydrogens is 370 g/mol. The Morgan fingerprint density at radius 2 is 1.85 bits per heavy atom. The van der Waals surface area contributed by atoms with Gasteiger partial charge in [0, 0.05) is 32.2 Å². The van der Waals surface area contributed by atoms with E-state index in [9.17, 15) is 13.2 Å². The SMILES string of the molecule is CC1CCN(S(=O)(=O)c2ccc(C(=O)N3CCC(N)C(C)(C)C3)s2)CC1. The molecule has 1 aromatic heterocycles. The van der Waals surface area contributed by atoms with Crippen molar-refractivity contribution in [3.05, 3.63) is 17.0 Å². The third-order valence-electron chi connectivity index (χ3n) is 5.73. The first-order valence-corrected chi connectivity index (χ1v) is 11.5. The quantitative estimate of drug-likeness (QED) is 0.846. The molecule has 8 heteroatoms. The van der Waals surface area contributed by atoms with E-state index in [1.165, 1.54) is 0 Å². The van der Waals surface area contributed by atoms with Gasteiger partial charge in [0.2, 0.25) is 0 Å². The fraction of sp³-hybridized carbons (Fsp3) is 0.722. The van der Waals surface area contributed by atoms with Crippen LogP contribution >= 0.6 is 11.3 Å². The highest BCUT2D eigenvalue weighted by Gasteiger charge is 2.36. The molecule has 1 unspecified atom stereocenters. The number of piperidine rings is 2. The molecule has 0 aliphatic carbocycles. The maximum atomic E-state index is 12.8. The van der Waals surface area contributed by atoms with Gasteiger partial charge in [-0.1, -0.05) is 20.8 Å². The second kappa shape index (κ2) is 7.22. The second-order valence-corrected chi connectivity index (χ2v) is 11.6. The van der Waals surface area contributed by atoms with Gasteiger partial charge < -0.3 is 10.6 Å². The summed E-state index contributed by atoms with van der Waals surface area (Å²) in [7, 11) is -3.50. The van der Waals surface area contributed by atoms with Gasteiger partial charge in [-0.3, -0.25) is 4.79 Å². The Hall–Kier alpha value is -0.960. The van der Waals surface area contributed by atoms with Gasteiger partial charge in [0.1, 0.15) is 4.21 Å². The first-order chi connectivity index (χ1) is 12.1. The van der Waals surface area contributed by atoms with Crippen molar-refractivity contribution >= 4 is 27.3 Å². The summed E-state index contributed by atoms with van der Waals surface area (Å²) in [4.78, 5) is 15.1. The van der Waals surface area contributed by atoms with Gasteiger partial charge in [0.15, 0.2) is 0 Å². The third kappa shape index (κ3) is 3.83. The minimum Gasteiger partial charge on any atom is -0.337 e. The summed E-state index contributed by atoms with van der Waals surface area (Å²) in [6.45, 7) is 8.62. The fourth-order valence-corrected chi connectivity index (χ4v) is 6.53. The lowest BCUT2D eigenvalue weighted by molar-refractivity contribution is 0.0537. The number of likely N-dealkylation sites (tertiary alicyclic amines) is 1. The van der Waals surface area contributed by atoms with Crippen LogP contribution < -0.4 is 5.73 Å². The van der Waals surface area contributed by atoms with Gasteiger partial charge >= 0.3 is 0 Å². The van der Waals surface area contributed by atoms with Crippen LogP contribution in [-0.4, -0.2) is 55.8 Å². The molecule has 2 aliphatic rings. The number of sulfonamides is 1. The summed E-state index contributed by atoms with van der Waals surface area (Å²) >= 11 is 1.08. The van der Waals surface area contributed by atoms with Crippen molar-refractivity contribution in [2.45, 2.75) is 50.3 Å². The highest BCUT2D eigenvalue weighted by molar-refractivity contribution is 7.91. The largest absolute Gasteiger partial charge is 0.337 e. The molecule has 1 atom stereocenters. The molecule has 146 valence electrons. The highest BCUT2D eigenvalue weighted by atomic mass is 32.2. The van der Waals surface area contributed by atoms with Crippen LogP contribution in [0.15, 0.2) is 16.3 Å². The zero-order valence-electron chi connectivity index (χ0n) is 15.8. The summed E-state index contributed by atoms with van der Waals surface area (Å²) in [6, 6.07) is 3.30. The molecule has 3 rings (SSSR count). The number of nitrogens with two attached hydrogens (primary N) is 1. The number of carbonyl (C=O) groups excluding carboxylic acids is 1. The van der Waals surface area contributed by atoms with Crippen molar-refractivity contribution in [3.63, 3.8) is 0 Å². The maximum Gasteiger partial charge on any atom is 0.263 e. The predicted molar refractivity (Wildman–Crippen MR) is 104 cm³/mol. The van der Waals surface area contributed by atoms with Crippen LogP contribution in [0.4, 0.5) is 0 Å². The topological polar surface area (TPSA) is 83.7 Å². The zero-order valence-corrected chi connectivity index (χ0v) is 17.4. The number of thiophene rings is 1. The first-order valence-electron chi connectivity index (χ1n) is 9.26. The van der Waals surface area contributed by atoms with Gasteiger partial charge in [-0.2, -0.15) is 4.31 Å². The zero-order chi connectivity index (χ0) is 19.1. The molecule has 1 amide bonds. The van der Waals surface area contributed by atoms with Gasteiger partial charge in [-0.15, -0.1) is 11.3 Å². The molecule has 1 aromatic rings. The lowest BCUT2D eigenvalue weighted by atomic mass is 9.79. The van der Waals surface area contributed by atoms with Crippen LogP contribution in [0, 0.1) is 11.3 Å². The van der Waals surface area contributed by atoms with Crippen LogP contribution in [0.1, 0.15) is 49.7 Å². The number of amides is 1. The molecule has 6 nitrogen and oxygen atoms in total. The van der Waals surface area contributed by atoms with E-state index in [0.29, 0.717) is 37.0 Å². The smallest absolute Gasteiger partial charge is 0.263 e. The molecule has 2 fully saturated rings. The summed E-state index contributed by atoms with van der Waals surface area (Å²) < 4.78 is 27.5. The van der Waals surface area contributed by atoms with Crippen LogP contribution in [0.25, 0.3) is 0 Å². The molecule has 2 saturated heterocycles. The van der Waals surface area contributed by atoms with Crippen LogP contribution in [0.2, 0.25) is 0 Å². The standard InChI is InChI=1S/C18H29N3O3S2/c1-13-6-10-21(11-7-13)26(23,24)16-5-4-14(25-16)17(22)20-9-8-15(19)18(2,3)12-20/h4-5,13,15H,6-12,19H2,1-3H3. The number of rotatable bonds is 3. The molecule has 0 spiro atoms. The monoisotopic (exact) mass is 399 g/mol. The van der Waals surface area contributed by atoms with Crippen molar-refractivity contribution in [1.82, 2.24) is 9.21 Å². The molecule has 0 radical (unpaired) electrons. The van der Waals surface area contributed by atoms with Crippen molar-refractivity contribution in [1.29, 1.82) is 0 Å². The molecule has 0 saturated carbocycles. The number of hydrogen-bond acceptors (Lipinski definition) is 5. The first kappa shape index (κ1) is 19.8. The average Bonchev–Trinajstić information content (AvgIpc) is 3.08. The Kier molecular flexibility index (Phi) is 5.50. The van der Waals surface area contributed by atoms with E-state index in [4.69, 9.17) is 5.73 Å². The molecule has 0 bridgehead atoms. The Bertz CT molecular complexity index is 764. The van der Waals surface area contributed by atoms with Crippen LogP contribution in [0.5, 0.6) is 0 Å². The minimum absolute atomic E-state index is 0.0762. The third-order valence-corrected chi connectivity index (χ3v) is 9.17. The summed E-state index contributed by atoms with van der Waals surface area (Å²) in [5, 5.41) is 0. The number of nitrogens with zero attached hydrogens (tertiary/aromatic N) is 2. The van der Waals surface area contributed by atoms with E-state index in [2.05, 4.69) is 20.8 Å². The van der Waals surface area contributed by atoms with E-state index >= 15 is 0 Å². The molecular formula is C18H29N3O3S2. The van der Waals surface area contributed by atoms with E-state index < -0.39 is 10.0 Å². The summed E-state index contributed by atoms with van der Waals surface area (Å²) in [6.07, 6.45) is 2.54. The molecule has 2 N–H and O–H groups in total. The minimum atomic E-state index is -3.50. The number of carbonyl (C=O) groups is 1. The second-order valence-electron chi connectivity index (χ2n) is 8.32. The van der Waals surface area contributed by atoms with Gasteiger partial charge in [-0.25, -0.2) is 8.42 Å².